The third-order valence-electron chi connectivity index (χ3n) is 5.89. The minimum Gasteiger partial charge on any atom is -0.323 e. The second-order valence-electron chi connectivity index (χ2n) is 7.48. The quantitative estimate of drug-likeness (QED) is 0.622. The second kappa shape index (κ2) is 6.29. The standard InChI is InChI=1S/C21H25OP/c22-23(15-17-7-3-1-4-8-17,16-18-9-5-2-6-10-18)21-14-19-11-12-20(21)13-19/h1-10,19-21H,11-16H2/t19-,20+,21+/m0/s1. The Kier molecular flexibility index (Phi) is 4.16. The zero-order valence-corrected chi connectivity index (χ0v) is 14.5. The first-order valence-corrected chi connectivity index (χ1v) is 11.0. The predicted molar refractivity (Wildman–Crippen MR) is 97.1 cm³/mol. The Morgan fingerprint density at radius 1 is 0.783 bits per heavy atom. The van der Waals surface area contributed by atoms with Crippen LogP contribution in [0.25, 0.3) is 0 Å². The van der Waals surface area contributed by atoms with Crippen molar-refractivity contribution in [2.45, 2.75) is 43.7 Å². The van der Waals surface area contributed by atoms with E-state index >= 15 is 0 Å². The van der Waals surface area contributed by atoms with E-state index in [1.54, 1.807) is 0 Å². The molecule has 2 bridgehead atoms. The van der Waals surface area contributed by atoms with Gasteiger partial charge < -0.3 is 4.57 Å². The zero-order valence-electron chi connectivity index (χ0n) is 13.6. The highest BCUT2D eigenvalue weighted by molar-refractivity contribution is 7.63. The molecule has 2 aromatic carbocycles. The average molecular weight is 324 g/mol. The van der Waals surface area contributed by atoms with Crippen molar-refractivity contribution in [2.75, 3.05) is 0 Å². The smallest absolute Gasteiger partial charge is 0.0992 e. The largest absolute Gasteiger partial charge is 0.323 e. The molecule has 0 heterocycles. The molecule has 2 heteroatoms. The van der Waals surface area contributed by atoms with Crippen LogP contribution < -0.4 is 0 Å². The molecule has 0 amide bonds. The van der Waals surface area contributed by atoms with E-state index < -0.39 is 7.14 Å². The summed E-state index contributed by atoms with van der Waals surface area (Å²) < 4.78 is 14.1. The van der Waals surface area contributed by atoms with Gasteiger partial charge in [0.2, 0.25) is 0 Å². The third kappa shape index (κ3) is 3.17. The fourth-order valence-corrected chi connectivity index (χ4v) is 8.82. The Morgan fingerprint density at radius 2 is 1.35 bits per heavy atom. The van der Waals surface area contributed by atoms with Crippen LogP contribution in [0.15, 0.2) is 60.7 Å². The van der Waals surface area contributed by atoms with Gasteiger partial charge in [0.25, 0.3) is 0 Å². The van der Waals surface area contributed by atoms with Crippen molar-refractivity contribution in [1.29, 1.82) is 0 Å². The molecule has 120 valence electrons. The molecular formula is C21H25OP. The topological polar surface area (TPSA) is 17.1 Å². The molecule has 2 aromatic rings. The molecule has 3 atom stereocenters. The molecule has 0 unspecified atom stereocenters. The molecule has 4 rings (SSSR count). The number of benzene rings is 2. The van der Waals surface area contributed by atoms with Crippen LogP contribution in [0.2, 0.25) is 0 Å². The SMILES string of the molecule is O=P(Cc1ccccc1)(Cc1ccccc1)[C@@H]1C[C@H]2CC[C@@H]1C2. The Hall–Kier alpha value is -1.33. The first-order valence-electron chi connectivity index (χ1n) is 8.88. The number of rotatable bonds is 5. The molecule has 2 saturated carbocycles. The zero-order chi connectivity index (χ0) is 15.7. The maximum Gasteiger partial charge on any atom is 0.0992 e. The van der Waals surface area contributed by atoms with Crippen molar-refractivity contribution in [3.05, 3.63) is 71.8 Å². The summed E-state index contributed by atoms with van der Waals surface area (Å²) in [6.45, 7) is 0. The number of hydrogen-bond donors (Lipinski definition) is 0. The van der Waals surface area contributed by atoms with Crippen LogP contribution in [-0.4, -0.2) is 5.66 Å². The van der Waals surface area contributed by atoms with Gasteiger partial charge in [-0.3, -0.25) is 0 Å². The van der Waals surface area contributed by atoms with Crippen LogP contribution in [0.1, 0.15) is 36.8 Å². The van der Waals surface area contributed by atoms with Crippen LogP contribution in [-0.2, 0) is 16.9 Å². The highest BCUT2D eigenvalue weighted by Gasteiger charge is 2.48. The summed E-state index contributed by atoms with van der Waals surface area (Å²) in [7, 11) is -2.25. The van der Waals surface area contributed by atoms with Gasteiger partial charge in [-0.05, 0) is 42.2 Å². The van der Waals surface area contributed by atoms with Crippen molar-refractivity contribution in [1.82, 2.24) is 0 Å². The third-order valence-corrected chi connectivity index (χ3v) is 9.53. The van der Waals surface area contributed by atoms with Crippen LogP contribution in [0, 0.1) is 11.8 Å². The van der Waals surface area contributed by atoms with Crippen molar-refractivity contribution in [3.8, 4) is 0 Å². The van der Waals surface area contributed by atoms with Crippen molar-refractivity contribution in [2.24, 2.45) is 11.8 Å². The van der Waals surface area contributed by atoms with Gasteiger partial charge in [0.15, 0.2) is 0 Å². The molecule has 23 heavy (non-hydrogen) atoms. The molecule has 0 radical (unpaired) electrons. The Labute approximate surface area is 139 Å². The normalized spacial score (nSPS) is 26.5. The van der Waals surface area contributed by atoms with Crippen LogP contribution in [0.4, 0.5) is 0 Å². The van der Waals surface area contributed by atoms with Gasteiger partial charge in [0.1, 0.15) is 0 Å². The van der Waals surface area contributed by atoms with Gasteiger partial charge in [-0.25, -0.2) is 0 Å². The van der Waals surface area contributed by atoms with Crippen molar-refractivity contribution < 1.29 is 4.57 Å². The summed E-state index contributed by atoms with van der Waals surface area (Å²) >= 11 is 0. The predicted octanol–water partition coefficient (Wildman–Crippen LogP) is 5.94. The minimum atomic E-state index is -2.25. The number of fused-ring (bicyclic) bond motifs is 2. The van der Waals surface area contributed by atoms with E-state index in [1.807, 2.05) is 12.1 Å². The van der Waals surface area contributed by atoms with Gasteiger partial charge in [0.05, 0.1) is 7.14 Å². The molecule has 2 aliphatic rings. The molecule has 0 N–H and O–H groups in total. The summed E-state index contributed by atoms with van der Waals surface area (Å²) in [6, 6.07) is 21.0. The van der Waals surface area contributed by atoms with Crippen LogP contribution in [0.3, 0.4) is 0 Å². The van der Waals surface area contributed by atoms with E-state index in [4.69, 9.17) is 0 Å². The number of hydrogen-bond acceptors (Lipinski definition) is 1. The highest BCUT2D eigenvalue weighted by Crippen LogP contribution is 2.66. The van der Waals surface area contributed by atoms with E-state index in [0.717, 1.165) is 24.2 Å². The second-order valence-corrected chi connectivity index (χ2v) is 10.7. The Morgan fingerprint density at radius 3 is 1.78 bits per heavy atom. The van der Waals surface area contributed by atoms with Crippen molar-refractivity contribution in [3.63, 3.8) is 0 Å². The monoisotopic (exact) mass is 324 g/mol. The highest BCUT2D eigenvalue weighted by atomic mass is 31.2. The van der Waals surface area contributed by atoms with Gasteiger partial charge in [-0.1, -0.05) is 67.1 Å². The molecule has 0 aliphatic heterocycles. The molecule has 1 nitrogen and oxygen atoms in total. The average Bonchev–Trinajstić information content (AvgIpc) is 3.20. The Bertz CT molecular complexity index is 649. The fraction of sp³-hybridized carbons (Fsp3) is 0.429. The van der Waals surface area contributed by atoms with Gasteiger partial charge >= 0.3 is 0 Å². The summed E-state index contributed by atoms with van der Waals surface area (Å²) in [5.41, 5.74) is 2.95. The van der Waals surface area contributed by atoms with E-state index in [-0.39, 0.29) is 0 Å². The summed E-state index contributed by atoms with van der Waals surface area (Å²) in [5, 5.41) is 0. The van der Waals surface area contributed by atoms with E-state index in [2.05, 4.69) is 48.5 Å². The lowest BCUT2D eigenvalue weighted by Gasteiger charge is -2.31. The first kappa shape index (κ1) is 15.2. The summed E-state index contributed by atoms with van der Waals surface area (Å²) in [6.07, 6.45) is 6.77. The Balaban J connectivity index is 1.64. The van der Waals surface area contributed by atoms with Gasteiger partial charge in [-0.2, -0.15) is 0 Å². The lowest BCUT2D eigenvalue weighted by Crippen LogP contribution is -2.19. The maximum atomic E-state index is 14.1. The van der Waals surface area contributed by atoms with Gasteiger partial charge in [-0.15, -0.1) is 0 Å². The summed E-state index contributed by atoms with van der Waals surface area (Å²) in [4.78, 5) is 0. The lowest BCUT2D eigenvalue weighted by molar-refractivity contribution is 0.462. The van der Waals surface area contributed by atoms with Gasteiger partial charge in [0, 0.05) is 18.0 Å². The molecule has 2 aliphatic carbocycles. The fourth-order valence-electron chi connectivity index (χ4n) is 4.86. The van der Waals surface area contributed by atoms with E-state index in [9.17, 15) is 4.57 Å². The van der Waals surface area contributed by atoms with E-state index in [0.29, 0.717) is 5.66 Å². The molecule has 0 aromatic heterocycles. The molecule has 0 saturated heterocycles. The lowest BCUT2D eigenvalue weighted by atomic mass is 10.0. The van der Waals surface area contributed by atoms with E-state index in [1.165, 1.54) is 36.8 Å². The molecular weight excluding hydrogens is 299 g/mol. The van der Waals surface area contributed by atoms with Crippen LogP contribution >= 0.6 is 7.14 Å². The molecule has 2 fully saturated rings. The first-order chi connectivity index (χ1) is 11.2. The van der Waals surface area contributed by atoms with Crippen LogP contribution in [0.5, 0.6) is 0 Å². The maximum absolute atomic E-state index is 14.1. The van der Waals surface area contributed by atoms with Crippen molar-refractivity contribution >= 4 is 7.14 Å². The minimum absolute atomic E-state index is 0.460. The summed E-state index contributed by atoms with van der Waals surface area (Å²) in [5.74, 6) is 1.57. The molecule has 0 spiro atoms.